The summed E-state index contributed by atoms with van der Waals surface area (Å²) in [5, 5.41) is 0.564. The molecule has 0 aromatic heterocycles. The van der Waals surface area contributed by atoms with Gasteiger partial charge in [-0.2, -0.15) is 0 Å². The molecule has 0 aliphatic rings. The van der Waals surface area contributed by atoms with Crippen LogP contribution in [-0.2, 0) is 0 Å². The maximum absolute atomic E-state index is 13.4. The van der Waals surface area contributed by atoms with E-state index in [-0.39, 0.29) is 11.3 Å². The van der Waals surface area contributed by atoms with Gasteiger partial charge in [0.15, 0.2) is 5.78 Å². The third-order valence-electron chi connectivity index (χ3n) is 2.39. The molecule has 19 heavy (non-hydrogen) atoms. The highest BCUT2D eigenvalue weighted by Gasteiger charge is 2.13. The van der Waals surface area contributed by atoms with E-state index in [4.69, 9.17) is 11.6 Å². The number of thioether (sulfide) groups is 1. The average Bonchev–Trinajstić information content (AvgIpc) is 2.39. The molecule has 0 saturated carbocycles. The molecular formula is C14H9ClF2OS. The summed E-state index contributed by atoms with van der Waals surface area (Å²) in [6.07, 6.45) is 0. The number of Topliss-reactive ketones (excluding diaryl/α,β-unsaturated/α-hetero) is 1. The molecule has 2 aromatic carbocycles. The minimum atomic E-state index is -0.710. The monoisotopic (exact) mass is 298 g/mol. The van der Waals surface area contributed by atoms with Crippen molar-refractivity contribution in [2.24, 2.45) is 0 Å². The summed E-state index contributed by atoms with van der Waals surface area (Å²) in [7, 11) is 0. The van der Waals surface area contributed by atoms with Gasteiger partial charge in [-0.25, -0.2) is 8.78 Å². The maximum atomic E-state index is 13.4. The molecule has 0 aliphatic heterocycles. The van der Waals surface area contributed by atoms with Gasteiger partial charge in [-0.05, 0) is 36.4 Å². The number of rotatable bonds is 4. The highest BCUT2D eigenvalue weighted by Crippen LogP contribution is 2.23. The molecule has 0 atom stereocenters. The average molecular weight is 299 g/mol. The van der Waals surface area contributed by atoms with Gasteiger partial charge in [-0.15, -0.1) is 11.8 Å². The normalized spacial score (nSPS) is 10.5. The molecule has 5 heteroatoms. The molecule has 2 rings (SSSR count). The Labute approximate surface area is 118 Å². The number of carbonyl (C=O) groups is 1. The number of benzene rings is 2. The van der Waals surface area contributed by atoms with Crippen LogP contribution in [0.25, 0.3) is 0 Å². The lowest BCUT2D eigenvalue weighted by molar-refractivity contribution is 0.101. The molecule has 0 spiro atoms. The van der Waals surface area contributed by atoms with Crippen LogP contribution in [0.2, 0.25) is 5.02 Å². The second kappa shape index (κ2) is 6.17. The minimum absolute atomic E-state index is 0.0285. The molecule has 0 bridgehead atoms. The summed E-state index contributed by atoms with van der Waals surface area (Å²) in [4.78, 5) is 12.6. The summed E-state index contributed by atoms with van der Waals surface area (Å²) in [6, 6.07) is 9.84. The van der Waals surface area contributed by atoms with E-state index in [9.17, 15) is 13.6 Å². The zero-order valence-electron chi connectivity index (χ0n) is 9.70. The summed E-state index contributed by atoms with van der Waals surface area (Å²) >= 11 is 7.04. The van der Waals surface area contributed by atoms with Crippen molar-refractivity contribution in [1.29, 1.82) is 0 Å². The number of hydrogen-bond acceptors (Lipinski definition) is 2. The largest absolute Gasteiger partial charge is 0.293 e. The van der Waals surface area contributed by atoms with Gasteiger partial charge in [0.2, 0.25) is 0 Å². The molecule has 2 aromatic rings. The lowest BCUT2D eigenvalue weighted by Crippen LogP contribution is -2.05. The van der Waals surface area contributed by atoms with Crippen LogP contribution in [0.3, 0.4) is 0 Å². The first-order chi connectivity index (χ1) is 9.06. The first-order valence-corrected chi connectivity index (χ1v) is 6.79. The van der Waals surface area contributed by atoms with E-state index in [0.29, 0.717) is 5.02 Å². The van der Waals surface area contributed by atoms with E-state index in [1.54, 1.807) is 24.3 Å². The number of carbonyl (C=O) groups excluding carboxylic acids is 1. The summed E-state index contributed by atoms with van der Waals surface area (Å²) < 4.78 is 26.4. The minimum Gasteiger partial charge on any atom is -0.293 e. The van der Waals surface area contributed by atoms with E-state index in [1.807, 2.05) is 0 Å². The zero-order chi connectivity index (χ0) is 13.8. The van der Waals surface area contributed by atoms with Gasteiger partial charge in [0.25, 0.3) is 0 Å². The van der Waals surface area contributed by atoms with Gasteiger partial charge in [0, 0.05) is 9.92 Å². The third kappa shape index (κ3) is 3.78. The molecule has 98 valence electrons. The molecule has 0 heterocycles. The van der Waals surface area contributed by atoms with Crippen molar-refractivity contribution in [3.63, 3.8) is 0 Å². The van der Waals surface area contributed by atoms with Crippen LogP contribution in [0, 0.1) is 11.6 Å². The highest BCUT2D eigenvalue weighted by atomic mass is 35.5. The van der Waals surface area contributed by atoms with Crippen LogP contribution in [0.4, 0.5) is 8.78 Å². The molecule has 1 nitrogen and oxygen atoms in total. The van der Waals surface area contributed by atoms with Crippen LogP contribution in [0.15, 0.2) is 47.4 Å². The smallest absolute Gasteiger partial charge is 0.176 e. The Bertz CT molecular complexity index is 616. The lowest BCUT2D eigenvalue weighted by Gasteiger charge is -2.03. The highest BCUT2D eigenvalue weighted by molar-refractivity contribution is 8.00. The van der Waals surface area contributed by atoms with E-state index in [2.05, 4.69) is 0 Å². The van der Waals surface area contributed by atoms with Crippen LogP contribution in [0.1, 0.15) is 10.4 Å². The molecule has 0 N–H and O–H groups in total. The van der Waals surface area contributed by atoms with E-state index >= 15 is 0 Å². The predicted octanol–water partition coefficient (Wildman–Crippen LogP) is 4.59. The van der Waals surface area contributed by atoms with Crippen molar-refractivity contribution >= 4 is 29.1 Å². The summed E-state index contributed by atoms with van der Waals surface area (Å²) in [5.41, 5.74) is -0.227. The molecule has 0 unspecified atom stereocenters. The van der Waals surface area contributed by atoms with E-state index in [0.717, 1.165) is 23.1 Å². The van der Waals surface area contributed by atoms with Crippen molar-refractivity contribution in [3.8, 4) is 0 Å². The molecule has 0 fully saturated rings. The fraction of sp³-hybridized carbons (Fsp3) is 0.0714. The molecule has 0 aliphatic carbocycles. The van der Waals surface area contributed by atoms with Crippen molar-refractivity contribution in [3.05, 3.63) is 64.7 Å². The van der Waals surface area contributed by atoms with Crippen molar-refractivity contribution < 1.29 is 13.6 Å². The summed E-state index contributed by atoms with van der Waals surface area (Å²) in [5.74, 6) is -1.77. The van der Waals surface area contributed by atoms with Crippen LogP contribution < -0.4 is 0 Å². The Balaban J connectivity index is 2.07. The van der Waals surface area contributed by atoms with Crippen LogP contribution in [0.5, 0.6) is 0 Å². The van der Waals surface area contributed by atoms with E-state index < -0.39 is 17.4 Å². The molecular weight excluding hydrogens is 290 g/mol. The molecule has 0 radical (unpaired) electrons. The first-order valence-electron chi connectivity index (χ1n) is 5.43. The van der Waals surface area contributed by atoms with Crippen molar-refractivity contribution in [2.45, 2.75) is 4.90 Å². The number of halogens is 3. The third-order valence-corrected chi connectivity index (χ3v) is 3.62. The van der Waals surface area contributed by atoms with Gasteiger partial charge >= 0.3 is 0 Å². The Morgan fingerprint density at radius 3 is 2.68 bits per heavy atom. The Hall–Kier alpha value is -1.39. The lowest BCUT2D eigenvalue weighted by atomic mass is 10.1. The first kappa shape index (κ1) is 14.0. The Morgan fingerprint density at radius 2 is 1.95 bits per heavy atom. The van der Waals surface area contributed by atoms with Crippen molar-refractivity contribution in [1.82, 2.24) is 0 Å². The van der Waals surface area contributed by atoms with Crippen LogP contribution >= 0.6 is 23.4 Å². The molecule has 0 saturated heterocycles. The second-order valence-electron chi connectivity index (χ2n) is 3.79. The number of hydrogen-bond donors (Lipinski definition) is 0. The summed E-state index contributed by atoms with van der Waals surface area (Å²) in [6.45, 7) is 0. The van der Waals surface area contributed by atoms with E-state index in [1.165, 1.54) is 11.8 Å². The topological polar surface area (TPSA) is 17.1 Å². The fourth-order valence-electron chi connectivity index (χ4n) is 1.49. The second-order valence-corrected chi connectivity index (χ2v) is 5.28. The van der Waals surface area contributed by atoms with Gasteiger partial charge < -0.3 is 0 Å². The quantitative estimate of drug-likeness (QED) is 0.606. The SMILES string of the molecule is O=C(CSc1cccc(Cl)c1)c1cc(F)ccc1F. The number of ketones is 1. The standard InChI is InChI=1S/C14H9ClF2OS/c15-9-2-1-3-11(6-9)19-8-14(18)12-7-10(16)4-5-13(12)17/h1-7H,8H2. The Morgan fingerprint density at radius 1 is 1.16 bits per heavy atom. The fourth-order valence-corrected chi connectivity index (χ4v) is 2.59. The Kier molecular flexibility index (Phi) is 4.56. The van der Waals surface area contributed by atoms with Gasteiger partial charge in [-0.1, -0.05) is 17.7 Å². The maximum Gasteiger partial charge on any atom is 0.176 e. The molecule has 0 amide bonds. The van der Waals surface area contributed by atoms with Crippen molar-refractivity contribution in [2.75, 3.05) is 5.75 Å². The van der Waals surface area contributed by atoms with Crippen LogP contribution in [-0.4, -0.2) is 11.5 Å². The predicted molar refractivity (Wildman–Crippen MR) is 72.9 cm³/mol. The van der Waals surface area contributed by atoms with Gasteiger partial charge in [0.1, 0.15) is 11.6 Å². The van der Waals surface area contributed by atoms with Gasteiger partial charge in [-0.3, -0.25) is 4.79 Å². The zero-order valence-corrected chi connectivity index (χ0v) is 11.3. The van der Waals surface area contributed by atoms with Gasteiger partial charge in [0.05, 0.1) is 11.3 Å².